The quantitative estimate of drug-likeness (QED) is 0.740. The molecular weight excluding hydrogens is 212 g/mol. The average molecular weight is 230 g/mol. The van der Waals surface area contributed by atoms with E-state index in [-0.39, 0.29) is 0 Å². The summed E-state index contributed by atoms with van der Waals surface area (Å²) < 4.78 is 0. The summed E-state index contributed by atoms with van der Waals surface area (Å²) in [5, 5.41) is 11.0. The van der Waals surface area contributed by atoms with Crippen LogP contribution in [0.2, 0.25) is 0 Å². The van der Waals surface area contributed by atoms with Gasteiger partial charge in [0.05, 0.1) is 5.69 Å². The number of aromatic amines is 2. The summed E-state index contributed by atoms with van der Waals surface area (Å²) in [6, 6.07) is 4.29. The fraction of sp³-hybridized carbons (Fsp3) is 0.462. The molecule has 0 radical (unpaired) electrons. The highest BCUT2D eigenvalue weighted by atomic mass is 15.1. The lowest BCUT2D eigenvalue weighted by Crippen LogP contribution is -2.28. The Balaban J connectivity index is 1.82. The molecule has 0 bridgehead atoms. The van der Waals surface area contributed by atoms with Crippen molar-refractivity contribution in [2.24, 2.45) is 0 Å². The minimum Gasteiger partial charge on any atom is -0.360 e. The molecule has 1 atom stereocenters. The fourth-order valence-corrected chi connectivity index (χ4v) is 2.45. The molecule has 3 rings (SSSR count). The van der Waals surface area contributed by atoms with Gasteiger partial charge in [-0.25, -0.2) is 0 Å². The molecular formula is C13H18N4. The summed E-state index contributed by atoms with van der Waals surface area (Å²) in [4.78, 5) is 3.24. The summed E-state index contributed by atoms with van der Waals surface area (Å²) in [5.74, 6) is 0.584. The Morgan fingerprint density at radius 2 is 2.29 bits per heavy atom. The molecule has 4 heteroatoms. The number of hydrogen-bond acceptors (Lipinski definition) is 2. The first-order valence-electron chi connectivity index (χ1n) is 6.24. The summed E-state index contributed by atoms with van der Waals surface area (Å²) in [6.07, 6.45) is 4.50. The van der Waals surface area contributed by atoms with Gasteiger partial charge in [-0.15, -0.1) is 0 Å². The third-order valence-electron chi connectivity index (χ3n) is 3.44. The van der Waals surface area contributed by atoms with Crippen LogP contribution in [0.25, 0.3) is 11.4 Å². The molecule has 0 unspecified atom stereocenters. The minimum atomic E-state index is 0.584. The van der Waals surface area contributed by atoms with Crippen LogP contribution in [-0.4, -0.2) is 28.3 Å². The van der Waals surface area contributed by atoms with Crippen LogP contribution in [0.3, 0.4) is 0 Å². The van der Waals surface area contributed by atoms with Gasteiger partial charge < -0.3 is 10.3 Å². The molecule has 4 nitrogen and oxygen atoms in total. The van der Waals surface area contributed by atoms with Crippen molar-refractivity contribution < 1.29 is 0 Å². The summed E-state index contributed by atoms with van der Waals surface area (Å²) >= 11 is 0. The Hall–Kier alpha value is -1.55. The van der Waals surface area contributed by atoms with Gasteiger partial charge in [-0.1, -0.05) is 0 Å². The molecule has 17 heavy (non-hydrogen) atoms. The maximum atomic E-state index is 4.39. The second-order valence-electron chi connectivity index (χ2n) is 4.84. The van der Waals surface area contributed by atoms with Crippen molar-refractivity contribution in [3.63, 3.8) is 0 Å². The van der Waals surface area contributed by atoms with E-state index in [1.165, 1.54) is 24.1 Å². The second kappa shape index (κ2) is 4.37. The predicted molar refractivity (Wildman–Crippen MR) is 68.0 cm³/mol. The molecule has 0 spiro atoms. The van der Waals surface area contributed by atoms with E-state index in [1.54, 1.807) is 0 Å². The van der Waals surface area contributed by atoms with Crippen molar-refractivity contribution in [1.82, 2.24) is 20.5 Å². The number of piperidine rings is 1. The summed E-state index contributed by atoms with van der Waals surface area (Å²) in [6.45, 7) is 4.29. The third kappa shape index (κ3) is 2.13. The fourth-order valence-electron chi connectivity index (χ4n) is 2.45. The number of hydrogen-bond donors (Lipinski definition) is 3. The van der Waals surface area contributed by atoms with Crippen LogP contribution in [0.5, 0.6) is 0 Å². The van der Waals surface area contributed by atoms with E-state index in [4.69, 9.17) is 0 Å². The third-order valence-corrected chi connectivity index (χ3v) is 3.44. The Morgan fingerprint density at radius 1 is 1.35 bits per heavy atom. The molecule has 2 aromatic rings. The highest BCUT2D eigenvalue weighted by Crippen LogP contribution is 2.25. The van der Waals surface area contributed by atoms with E-state index < -0.39 is 0 Å². The van der Waals surface area contributed by atoms with Crippen molar-refractivity contribution >= 4 is 0 Å². The zero-order chi connectivity index (χ0) is 11.7. The average Bonchev–Trinajstić information content (AvgIpc) is 2.98. The van der Waals surface area contributed by atoms with E-state index in [2.05, 4.69) is 39.6 Å². The van der Waals surface area contributed by atoms with Gasteiger partial charge in [-0.05, 0) is 44.0 Å². The van der Waals surface area contributed by atoms with E-state index in [9.17, 15) is 0 Å². The van der Waals surface area contributed by atoms with E-state index in [0.717, 1.165) is 24.5 Å². The molecule has 90 valence electrons. The standard InChI is InChI=1S/C13H18N4/c1-9-5-12(15-7-9)13-6-11(16-17-13)10-3-2-4-14-8-10/h5-7,10,14-15H,2-4,8H2,1H3,(H,16,17)/t10-/m0/s1. The highest BCUT2D eigenvalue weighted by Gasteiger charge is 2.17. The molecule has 0 aliphatic carbocycles. The highest BCUT2D eigenvalue weighted by molar-refractivity contribution is 5.56. The van der Waals surface area contributed by atoms with Crippen LogP contribution in [-0.2, 0) is 0 Å². The van der Waals surface area contributed by atoms with Gasteiger partial charge in [0, 0.05) is 24.4 Å². The van der Waals surface area contributed by atoms with Crippen LogP contribution in [0.1, 0.15) is 30.0 Å². The molecule has 1 aliphatic rings. The Labute approximate surface area is 101 Å². The largest absolute Gasteiger partial charge is 0.360 e. The zero-order valence-corrected chi connectivity index (χ0v) is 10.1. The summed E-state index contributed by atoms with van der Waals surface area (Å²) in [7, 11) is 0. The lowest BCUT2D eigenvalue weighted by Gasteiger charge is -2.21. The van der Waals surface area contributed by atoms with Gasteiger partial charge in [0.1, 0.15) is 5.69 Å². The van der Waals surface area contributed by atoms with Gasteiger partial charge in [-0.2, -0.15) is 5.10 Å². The number of H-pyrrole nitrogens is 2. The van der Waals surface area contributed by atoms with E-state index >= 15 is 0 Å². The SMILES string of the molecule is Cc1c[nH]c(-c2cc([C@H]3CCCNC3)[nH]n2)c1. The van der Waals surface area contributed by atoms with Crippen molar-refractivity contribution in [2.45, 2.75) is 25.7 Å². The van der Waals surface area contributed by atoms with Crippen molar-refractivity contribution in [3.05, 3.63) is 29.6 Å². The summed E-state index contributed by atoms with van der Waals surface area (Å²) in [5.41, 5.74) is 4.59. The van der Waals surface area contributed by atoms with Crippen LogP contribution >= 0.6 is 0 Å². The van der Waals surface area contributed by atoms with Crippen molar-refractivity contribution in [2.75, 3.05) is 13.1 Å². The van der Waals surface area contributed by atoms with Crippen molar-refractivity contribution in [3.8, 4) is 11.4 Å². The first-order valence-corrected chi connectivity index (χ1v) is 6.24. The number of aryl methyl sites for hydroxylation is 1. The van der Waals surface area contributed by atoms with E-state index in [1.807, 2.05) is 6.20 Å². The number of nitrogens with zero attached hydrogens (tertiary/aromatic N) is 1. The van der Waals surface area contributed by atoms with Gasteiger partial charge in [0.15, 0.2) is 0 Å². The normalized spacial score (nSPS) is 20.6. The maximum Gasteiger partial charge on any atom is 0.109 e. The van der Waals surface area contributed by atoms with Crippen LogP contribution in [0.4, 0.5) is 0 Å². The minimum absolute atomic E-state index is 0.584. The molecule has 0 amide bonds. The number of aromatic nitrogens is 3. The van der Waals surface area contributed by atoms with Crippen LogP contribution < -0.4 is 5.32 Å². The molecule has 2 aromatic heterocycles. The first-order chi connectivity index (χ1) is 8.33. The lowest BCUT2D eigenvalue weighted by atomic mass is 9.96. The molecule has 0 aromatic carbocycles. The smallest absolute Gasteiger partial charge is 0.109 e. The maximum absolute atomic E-state index is 4.39. The Morgan fingerprint density at radius 3 is 3.00 bits per heavy atom. The number of nitrogens with one attached hydrogen (secondary N) is 3. The van der Waals surface area contributed by atoms with Gasteiger partial charge in [0.25, 0.3) is 0 Å². The Kier molecular flexibility index (Phi) is 2.73. The topological polar surface area (TPSA) is 56.5 Å². The monoisotopic (exact) mass is 230 g/mol. The predicted octanol–water partition coefficient (Wildman–Crippen LogP) is 2.18. The number of rotatable bonds is 2. The lowest BCUT2D eigenvalue weighted by molar-refractivity contribution is 0.454. The van der Waals surface area contributed by atoms with Gasteiger partial charge in [-0.3, -0.25) is 5.10 Å². The molecule has 1 saturated heterocycles. The van der Waals surface area contributed by atoms with Gasteiger partial charge >= 0.3 is 0 Å². The first kappa shape index (κ1) is 10.6. The second-order valence-corrected chi connectivity index (χ2v) is 4.84. The van der Waals surface area contributed by atoms with Crippen molar-refractivity contribution in [1.29, 1.82) is 0 Å². The molecule has 1 aliphatic heterocycles. The molecule has 3 N–H and O–H groups in total. The van der Waals surface area contributed by atoms with E-state index in [0.29, 0.717) is 5.92 Å². The zero-order valence-electron chi connectivity index (χ0n) is 10.1. The van der Waals surface area contributed by atoms with Gasteiger partial charge in [0.2, 0.25) is 0 Å². The Bertz CT molecular complexity index is 491. The van der Waals surface area contributed by atoms with Crippen LogP contribution in [0.15, 0.2) is 18.3 Å². The molecule has 3 heterocycles. The molecule has 0 saturated carbocycles. The molecule has 1 fully saturated rings. The van der Waals surface area contributed by atoms with Crippen LogP contribution in [0, 0.1) is 6.92 Å².